The number of nitrogens with zero attached hydrogens (tertiary/aromatic N) is 1. The molecule has 0 aliphatic carbocycles. The Morgan fingerprint density at radius 2 is 2.27 bits per heavy atom. The van der Waals surface area contributed by atoms with Crippen molar-refractivity contribution in [2.45, 2.75) is 6.32 Å². The molecule has 0 bridgehead atoms. The molecule has 0 fully saturated rings. The lowest BCUT2D eigenvalue weighted by molar-refractivity contribution is 0.616. The highest BCUT2D eigenvalue weighted by Gasteiger charge is 1.99. The van der Waals surface area contributed by atoms with Crippen molar-refractivity contribution >= 4 is 7.85 Å². The summed E-state index contributed by atoms with van der Waals surface area (Å²) in [5, 5.41) is 8.38. The zero-order valence-electron chi connectivity index (χ0n) is 5.84. The van der Waals surface area contributed by atoms with Crippen molar-refractivity contribution in [1.82, 2.24) is 0 Å². The molecule has 0 heterocycles. The number of hydrogen-bond donors (Lipinski definition) is 0. The van der Waals surface area contributed by atoms with Gasteiger partial charge in [0.2, 0.25) is 0 Å². The van der Waals surface area contributed by atoms with E-state index in [2.05, 4.69) is 0 Å². The van der Waals surface area contributed by atoms with E-state index in [9.17, 15) is 4.39 Å². The molecule has 0 amide bonds. The Labute approximate surface area is 65.9 Å². The smallest absolute Gasteiger partial charge is 0.126 e. The van der Waals surface area contributed by atoms with Gasteiger partial charge in [-0.15, -0.1) is 0 Å². The van der Waals surface area contributed by atoms with E-state index >= 15 is 0 Å². The fourth-order valence-corrected chi connectivity index (χ4v) is 0.782. The Bertz CT molecular complexity index is 303. The lowest BCUT2D eigenvalue weighted by Crippen LogP contribution is -1.90. The van der Waals surface area contributed by atoms with Gasteiger partial charge in [0.05, 0.1) is 19.5 Å². The van der Waals surface area contributed by atoms with Crippen molar-refractivity contribution in [2.75, 3.05) is 0 Å². The predicted molar refractivity (Wildman–Crippen MR) is 40.6 cm³/mol. The first kappa shape index (κ1) is 7.81. The highest BCUT2D eigenvalue weighted by atomic mass is 19.1. The largest absolute Gasteiger partial charge is 0.207 e. The molecule has 0 atom stereocenters. The van der Waals surface area contributed by atoms with Crippen LogP contribution in [-0.4, -0.2) is 7.85 Å². The molecule has 11 heavy (non-hydrogen) atoms. The first-order chi connectivity index (χ1) is 5.27. The van der Waals surface area contributed by atoms with Crippen LogP contribution in [-0.2, 0) is 6.32 Å². The molecule has 1 rings (SSSR count). The quantitative estimate of drug-likeness (QED) is 0.547. The third-order valence-electron chi connectivity index (χ3n) is 1.40. The van der Waals surface area contributed by atoms with Crippen molar-refractivity contribution in [1.29, 1.82) is 5.26 Å². The van der Waals surface area contributed by atoms with E-state index in [-0.39, 0.29) is 6.32 Å². The molecular formula is C8H5BFN. The number of hydrogen-bond acceptors (Lipinski definition) is 1. The van der Waals surface area contributed by atoms with E-state index in [1.165, 1.54) is 12.1 Å². The van der Waals surface area contributed by atoms with Crippen molar-refractivity contribution in [2.24, 2.45) is 0 Å². The summed E-state index contributed by atoms with van der Waals surface area (Å²) in [6.07, 6.45) is 0.164. The summed E-state index contributed by atoms with van der Waals surface area (Å²) in [6.45, 7) is 0. The Hall–Kier alpha value is -1.30. The van der Waals surface area contributed by atoms with Gasteiger partial charge in [-0.05, 0) is 17.7 Å². The minimum Gasteiger partial charge on any atom is -0.207 e. The molecule has 3 heteroatoms. The molecule has 0 aromatic heterocycles. The van der Waals surface area contributed by atoms with Crippen LogP contribution >= 0.6 is 0 Å². The maximum atomic E-state index is 12.8. The van der Waals surface area contributed by atoms with E-state index in [4.69, 9.17) is 13.1 Å². The SMILES string of the molecule is [B]Cc1ccc(C#N)cc1F. The summed E-state index contributed by atoms with van der Waals surface area (Å²) in [5.74, 6) is -0.411. The summed E-state index contributed by atoms with van der Waals surface area (Å²) in [6, 6.07) is 6.09. The van der Waals surface area contributed by atoms with Gasteiger partial charge in [-0.1, -0.05) is 12.4 Å². The highest BCUT2D eigenvalue weighted by Crippen LogP contribution is 2.08. The second-order valence-corrected chi connectivity index (χ2v) is 2.12. The minimum atomic E-state index is -0.411. The van der Waals surface area contributed by atoms with E-state index < -0.39 is 5.82 Å². The molecule has 0 spiro atoms. The standard InChI is InChI=1S/C8H5BFN/c9-4-7-2-1-6(5-11)3-8(7)10/h1-3H,4H2. The van der Waals surface area contributed by atoms with E-state index in [0.29, 0.717) is 11.1 Å². The van der Waals surface area contributed by atoms with Gasteiger partial charge in [0.15, 0.2) is 0 Å². The predicted octanol–water partition coefficient (Wildman–Crippen LogP) is 1.37. The number of nitriles is 1. The van der Waals surface area contributed by atoms with Crippen LogP contribution < -0.4 is 0 Å². The molecule has 0 aliphatic rings. The average Bonchev–Trinajstić information content (AvgIpc) is 2.04. The molecule has 52 valence electrons. The van der Waals surface area contributed by atoms with Gasteiger partial charge in [-0.25, -0.2) is 4.39 Å². The van der Waals surface area contributed by atoms with Crippen LogP contribution in [0.5, 0.6) is 0 Å². The molecule has 0 saturated heterocycles. The molecule has 1 aromatic carbocycles. The molecule has 2 radical (unpaired) electrons. The van der Waals surface area contributed by atoms with Crippen molar-refractivity contribution in [3.63, 3.8) is 0 Å². The van der Waals surface area contributed by atoms with Crippen molar-refractivity contribution in [3.8, 4) is 6.07 Å². The lowest BCUT2D eigenvalue weighted by atomic mass is 9.96. The zero-order valence-corrected chi connectivity index (χ0v) is 5.84. The van der Waals surface area contributed by atoms with Crippen LogP contribution in [0.1, 0.15) is 11.1 Å². The summed E-state index contributed by atoms with van der Waals surface area (Å²) < 4.78 is 12.8. The van der Waals surface area contributed by atoms with Gasteiger partial charge in [0.25, 0.3) is 0 Å². The van der Waals surface area contributed by atoms with Crippen LogP contribution in [0.3, 0.4) is 0 Å². The fraction of sp³-hybridized carbons (Fsp3) is 0.125. The van der Waals surface area contributed by atoms with Crippen LogP contribution in [0.4, 0.5) is 4.39 Å². The minimum absolute atomic E-state index is 0.164. The molecule has 0 aliphatic heterocycles. The summed E-state index contributed by atoms with van der Waals surface area (Å²) in [4.78, 5) is 0. The van der Waals surface area contributed by atoms with Crippen molar-refractivity contribution in [3.05, 3.63) is 35.1 Å². The molecule has 0 N–H and O–H groups in total. The monoisotopic (exact) mass is 145 g/mol. The number of benzene rings is 1. The maximum Gasteiger partial charge on any atom is 0.126 e. The topological polar surface area (TPSA) is 23.8 Å². The third kappa shape index (κ3) is 1.59. The second kappa shape index (κ2) is 3.20. The Morgan fingerprint density at radius 3 is 2.73 bits per heavy atom. The Balaban J connectivity index is 3.12. The van der Waals surface area contributed by atoms with E-state index in [0.717, 1.165) is 0 Å². The normalized spacial score (nSPS) is 9.09. The summed E-state index contributed by atoms with van der Waals surface area (Å²) in [7, 11) is 5.22. The van der Waals surface area contributed by atoms with E-state index in [1.54, 1.807) is 6.07 Å². The van der Waals surface area contributed by atoms with Gasteiger partial charge >= 0.3 is 0 Å². The third-order valence-corrected chi connectivity index (χ3v) is 1.40. The Kier molecular flexibility index (Phi) is 2.27. The number of halogens is 1. The number of rotatable bonds is 1. The molecule has 1 aromatic rings. The van der Waals surface area contributed by atoms with Crippen LogP contribution in [0.25, 0.3) is 0 Å². The molecular weight excluding hydrogens is 140 g/mol. The first-order valence-corrected chi connectivity index (χ1v) is 3.16. The van der Waals surface area contributed by atoms with Gasteiger partial charge in [-0.3, -0.25) is 0 Å². The van der Waals surface area contributed by atoms with Gasteiger partial charge < -0.3 is 0 Å². The van der Waals surface area contributed by atoms with Crippen molar-refractivity contribution < 1.29 is 4.39 Å². The van der Waals surface area contributed by atoms with Crippen LogP contribution in [0, 0.1) is 17.1 Å². The lowest BCUT2D eigenvalue weighted by Gasteiger charge is -1.97. The second-order valence-electron chi connectivity index (χ2n) is 2.12. The van der Waals surface area contributed by atoms with Crippen LogP contribution in [0.15, 0.2) is 18.2 Å². The van der Waals surface area contributed by atoms with Crippen LogP contribution in [0.2, 0.25) is 0 Å². The highest BCUT2D eigenvalue weighted by molar-refractivity contribution is 6.08. The first-order valence-electron chi connectivity index (χ1n) is 3.16. The van der Waals surface area contributed by atoms with Gasteiger partial charge in [-0.2, -0.15) is 5.26 Å². The average molecular weight is 145 g/mol. The zero-order chi connectivity index (χ0) is 8.27. The van der Waals surface area contributed by atoms with Gasteiger partial charge in [0, 0.05) is 0 Å². The molecule has 1 nitrogen and oxygen atoms in total. The molecule has 0 saturated carbocycles. The van der Waals surface area contributed by atoms with E-state index in [1.807, 2.05) is 6.07 Å². The fourth-order valence-electron chi connectivity index (χ4n) is 0.782. The van der Waals surface area contributed by atoms with Gasteiger partial charge in [0.1, 0.15) is 5.82 Å². The Morgan fingerprint density at radius 1 is 1.55 bits per heavy atom. The summed E-state index contributed by atoms with van der Waals surface area (Å²) >= 11 is 0. The summed E-state index contributed by atoms with van der Waals surface area (Å²) in [5.41, 5.74) is 0.753. The molecule has 0 unspecified atom stereocenters. The maximum absolute atomic E-state index is 12.8.